The molecule has 0 aliphatic heterocycles. The molecular formula is C16H30ClNO. The minimum Gasteiger partial charge on any atom is -0.345 e. The third-order valence-electron chi connectivity index (χ3n) is 4.13. The zero-order valence-electron chi connectivity index (χ0n) is 12.7. The fourth-order valence-corrected chi connectivity index (χ4v) is 3.22. The maximum Gasteiger partial charge on any atom is 0.222 e. The molecule has 0 bridgehead atoms. The summed E-state index contributed by atoms with van der Waals surface area (Å²) in [7, 11) is 1.94. The molecule has 0 atom stereocenters. The van der Waals surface area contributed by atoms with Crippen LogP contribution in [0.2, 0.25) is 0 Å². The second-order valence-corrected chi connectivity index (χ2v) is 6.70. The maximum atomic E-state index is 11.9. The molecule has 0 aromatic heterocycles. The second-order valence-electron chi connectivity index (χ2n) is 6.08. The topological polar surface area (TPSA) is 20.3 Å². The standard InChI is InChI=1S/C16H30ClNO/c1-3-4-5-6-7-8-9-10-16(19)18(2)13-14-11-15(17)12-14/h14-15H,3-13H2,1-2H3. The molecule has 0 spiro atoms. The normalized spacial score (nSPS) is 22.1. The lowest BCUT2D eigenvalue weighted by atomic mass is 9.84. The Morgan fingerprint density at radius 3 is 2.26 bits per heavy atom. The third-order valence-corrected chi connectivity index (χ3v) is 4.49. The van der Waals surface area contributed by atoms with Crippen molar-refractivity contribution in [2.45, 2.75) is 76.5 Å². The van der Waals surface area contributed by atoms with E-state index in [0.29, 0.717) is 17.2 Å². The van der Waals surface area contributed by atoms with E-state index >= 15 is 0 Å². The molecular weight excluding hydrogens is 258 g/mol. The van der Waals surface area contributed by atoms with Gasteiger partial charge in [-0.25, -0.2) is 0 Å². The van der Waals surface area contributed by atoms with Crippen LogP contribution in [0, 0.1) is 5.92 Å². The van der Waals surface area contributed by atoms with Gasteiger partial charge in [0.1, 0.15) is 0 Å². The van der Waals surface area contributed by atoms with Gasteiger partial charge in [0, 0.05) is 25.4 Å². The lowest BCUT2D eigenvalue weighted by Gasteiger charge is -2.34. The van der Waals surface area contributed by atoms with Crippen LogP contribution in [0.3, 0.4) is 0 Å². The monoisotopic (exact) mass is 287 g/mol. The highest BCUT2D eigenvalue weighted by Gasteiger charge is 2.28. The highest BCUT2D eigenvalue weighted by molar-refractivity contribution is 6.21. The molecule has 0 unspecified atom stereocenters. The minimum atomic E-state index is 0.312. The number of hydrogen-bond donors (Lipinski definition) is 0. The van der Waals surface area contributed by atoms with Crippen LogP contribution in [0.15, 0.2) is 0 Å². The van der Waals surface area contributed by atoms with E-state index in [1.54, 1.807) is 0 Å². The zero-order valence-corrected chi connectivity index (χ0v) is 13.4. The summed E-state index contributed by atoms with van der Waals surface area (Å²) in [6, 6.07) is 0. The van der Waals surface area contributed by atoms with Gasteiger partial charge in [-0.05, 0) is 25.2 Å². The van der Waals surface area contributed by atoms with Gasteiger partial charge in [0.2, 0.25) is 5.91 Å². The second kappa shape index (κ2) is 9.63. The van der Waals surface area contributed by atoms with E-state index < -0.39 is 0 Å². The number of carbonyl (C=O) groups is 1. The van der Waals surface area contributed by atoms with E-state index in [0.717, 1.165) is 32.2 Å². The zero-order chi connectivity index (χ0) is 14.1. The molecule has 0 N–H and O–H groups in total. The first-order valence-corrected chi connectivity index (χ1v) is 8.45. The predicted octanol–water partition coefficient (Wildman–Crippen LogP) is 4.60. The molecule has 2 nitrogen and oxygen atoms in total. The molecule has 0 heterocycles. The van der Waals surface area contributed by atoms with Crippen LogP contribution < -0.4 is 0 Å². The Balaban J connectivity index is 1.94. The average Bonchev–Trinajstić information content (AvgIpc) is 2.35. The van der Waals surface area contributed by atoms with E-state index in [9.17, 15) is 4.79 Å². The Kier molecular flexibility index (Phi) is 8.52. The van der Waals surface area contributed by atoms with Crippen molar-refractivity contribution in [1.29, 1.82) is 0 Å². The summed E-state index contributed by atoms with van der Waals surface area (Å²) in [4.78, 5) is 13.8. The van der Waals surface area contributed by atoms with Crippen LogP contribution in [0.1, 0.15) is 71.1 Å². The number of rotatable bonds is 10. The molecule has 0 saturated heterocycles. The molecule has 1 aliphatic rings. The summed E-state index contributed by atoms with van der Waals surface area (Å²) >= 11 is 5.96. The number of carbonyl (C=O) groups excluding carboxylic acids is 1. The first-order valence-electron chi connectivity index (χ1n) is 8.01. The SMILES string of the molecule is CCCCCCCCCC(=O)N(C)CC1CC(Cl)C1. The van der Waals surface area contributed by atoms with Crippen LogP contribution in [0.4, 0.5) is 0 Å². The van der Waals surface area contributed by atoms with E-state index in [4.69, 9.17) is 11.6 Å². The largest absolute Gasteiger partial charge is 0.345 e. The van der Waals surface area contributed by atoms with Gasteiger partial charge in [-0.3, -0.25) is 4.79 Å². The third kappa shape index (κ3) is 7.20. The van der Waals surface area contributed by atoms with Crippen molar-refractivity contribution in [2.24, 2.45) is 5.92 Å². The highest BCUT2D eigenvalue weighted by Crippen LogP contribution is 2.32. The lowest BCUT2D eigenvalue weighted by molar-refractivity contribution is -0.130. The first-order chi connectivity index (χ1) is 9.13. The van der Waals surface area contributed by atoms with Crippen LogP contribution in [0.25, 0.3) is 0 Å². The van der Waals surface area contributed by atoms with Gasteiger partial charge in [0.05, 0.1) is 0 Å². The number of amides is 1. The van der Waals surface area contributed by atoms with Crippen LogP contribution in [-0.4, -0.2) is 29.8 Å². The van der Waals surface area contributed by atoms with Crippen molar-refractivity contribution in [3.8, 4) is 0 Å². The quantitative estimate of drug-likeness (QED) is 0.425. The molecule has 1 saturated carbocycles. The fourth-order valence-electron chi connectivity index (χ4n) is 2.72. The lowest BCUT2D eigenvalue weighted by Crippen LogP contribution is -2.37. The van der Waals surface area contributed by atoms with Crippen molar-refractivity contribution in [2.75, 3.05) is 13.6 Å². The Hall–Kier alpha value is -0.240. The van der Waals surface area contributed by atoms with Gasteiger partial charge in [0.25, 0.3) is 0 Å². The molecule has 3 heteroatoms. The van der Waals surface area contributed by atoms with Crippen molar-refractivity contribution < 1.29 is 4.79 Å². The smallest absolute Gasteiger partial charge is 0.222 e. The predicted molar refractivity (Wildman–Crippen MR) is 82.6 cm³/mol. The van der Waals surface area contributed by atoms with Gasteiger partial charge in [0.15, 0.2) is 0 Å². The molecule has 1 fully saturated rings. The van der Waals surface area contributed by atoms with E-state index in [1.807, 2.05) is 11.9 Å². The molecule has 0 radical (unpaired) electrons. The number of nitrogens with zero attached hydrogens (tertiary/aromatic N) is 1. The van der Waals surface area contributed by atoms with Crippen molar-refractivity contribution in [3.63, 3.8) is 0 Å². The Bertz CT molecular complexity index is 251. The van der Waals surface area contributed by atoms with Gasteiger partial charge < -0.3 is 4.90 Å². The van der Waals surface area contributed by atoms with Crippen molar-refractivity contribution >= 4 is 17.5 Å². The van der Waals surface area contributed by atoms with Gasteiger partial charge in [-0.15, -0.1) is 11.6 Å². The Labute approximate surface area is 123 Å². The number of alkyl halides is 1. The molecule has 1 rings (SSSR count). The van der Waals surface area contributed by atoms with E-state index in [-0.39, 0.29) is 0 Å². The summed E-state index contributed by atoms with van der Waals surface area (Å²) in [6.45, 7) is 3.14. The highest BCUT2D eigenvalue weighted by atomic mass is 35.5. The molecule has 0 aromatic carbocycles. The number of hydrogen-bond acceptors (Lipinski definition) is 1. The fraction of sp³-hybridized carbons (Fsp3) is 0.938. The van der Waals surface area contributed by atoms with Gasteiger partial charge >= 0.3 is 0 Å². The summed E-state index contributed by atoms with van der Waals surface area (Å²) in [6.07, 6.45) is 11.8. The summed E-state index contributed by atoms with van der Waals surface area (Å²) in [5.41, 5.74) is 0. The van der Waals surface area contributed by atoms with E-state index in [2.05, 4.69) is 6.92 Å². The Morgan fingerprint density at radius 2 is 1.68 bits per heavy atom. The van der Waals surface area contributed by atoms with Crippen molar-refractivity contribution in [3.05, 3.63) is 0 Å². The summed E-state index contributed by atoms with van der Waals surface area (Å²) < 4.78 is 0. The molecule has 19 heavy (non-hydrogen) atoms. The number of unbranched alkanes of at least 4 members (excludes halogenated alkanes) is 6. The molecule has 1 amide bonds. The van der Waals surface area contributed by atoms with Crippen LogP contribution in [0.5, 0.6) is 0 Å². The summed E-state index contributed by atoms with van der Waals surface area (Å²) in [5.74, 6) is 0.956. The molecule has 0 aromatic rings. The van der Waals surface area contributed by atoms with Gasteiger partial charge in [-0.2, -0.15) is 0 Å². The first kappa shape index (κ1) is 16.8. The van der Waals surface area contributed by atoms with Gasteiger partial charge in [-0.1, -0.05) is 45.4 Å². The van der Waals surface area contributed by atoms with Crippen molar-refractivity contribution in [1.82, 2.24) is 4.90 Å². The molecule has 112 valence electrons. The maximum absolute atomic E-state index is 11.9. The average molecular weight is 288 g/mol. The van der Waals surface area contributed by atoms with Crippen LogP contribution in [-0.2, 0) is 4.79 Å². The number of halogens is 1. The summed E-state index contributed by atoms with van der Waals surface area (Å²) in [5, 5.41) is 0.358. The minimum absolute atomic E-state index is 0.312. The Morgan fingerprint density at radius 1 is 1.11 bits per heavy atom. The molecule has 1 aliphatic carbocycles. The van der Waals surface area contributed by atoms with E-state index in [1.165, 1.54) is 38.5 Å². The van der Waals surface area contributed by atoms with Crippen LogP contribution >= 0.6 is 11.6 Å².